The summed E-state index contributed by atoms with van der Waals surface area (Å²) in [6.45, 7) is 3.75. The van der Waals surface area contributed by atoms with Crippen molar-refractivity contribution in [3.63, 3.8) is 0 Å². The maximum Gasteiger partial charge on any atom is 0.274 e. The van der Waals surface area contributed by atoms with E-state index in [0.717, 1.165) is 5.56 Å². The maximum absolute atomic E-state index is 12.2. The highest BCUT2D eigenvalue weighted by Gasteiger charge is 2.25. The maximum atomic E-state index is 12.2. The van der Waals surface area contributed by atoms with Gasteiger partial charge in [-0.3, -0.25) is 19.7 Å². The molecule has 2 amide bonds. The molecule has 1 fully saturated rings. The number of nitrogens with one attached hydrogen (secondary N) is 2. The number of aryl methyl sites for hydroxylation is 2. The molecule has 1 aliphatic rings. The van der Waals surface area contributed by atoms with Crippen LogP contribution >= 0.6 is 0 Å². The van der Waals surface area contributed by atoms with Crippen LogP contribution in [0.15, 0.2) is 12.1 Å². The molecule has 1 saturated heterocycles. The van der Waals surface area contributed by atoms with Crippen LogP contribution in [0.1, 0.15) is 24.0 Å². The van der Waals surface area contributed by atoms with Crippen LogP contribution in [-0.4, -0.2) is 23.3 Å². The fourth-order valence-electron chi connectivity index (χ4n) is 2.36. The highest BCUT2D eigenvalue weighted by Crippen LogP contribution is 2.27. The molecule has 1 atom stereocenters. The predicted octanol–water partition coefficient (Wildman–Crippen LogP) is 1.68. The van der Waals surface area contributed by atoms with Crippen molar-refractivity contribution in [3.8, 4) is 0 Å². The number of nitro groups is 1. The summed E-state index contributed by atoms with van der Waals surface area (Å²) in [4.78, 5) is 33.7. The lowest BCUT2D eigenvalue weighted by Gasteiger charge is -2.22. The number of amides is 2. The predicted molar refractivity (Wildman–Crippen MR) is 76.9 cm³/mol. The Morgan fingerprint density at radius 1 is 1.38 bits per heavy atom. The molecule has 7 heteroatoms. The zero-order valence-electron chi connectivity index (χ0n) is 11.9. The smallest absolute Gasteiger partial charge is 0.274 e. The molecule has 112 valence electrons. The second kappa shape index (κ2) is 5.90. The number of hydrogen-bond acceptors (Lipinski definition) is 4. The van der Waals surface area contributed by atoms with Crippen LogP contribution in [0.4, 0.5) is 11.4 Å². The topological polar surface area (TPSA) is 101 Å². The van der Waals surface area contributed by atoms with Gasteiger partial charge in [0.05, 0.1) is 16.5 Å². The first-order valence-corrected chi connectivity index (χ1v) is 6.71. The Kier molecular flexibility index (Phi) is 4.21. The second-order valence-corrected chi connectivity index (χ2v) is 5.24. The van der Waals surface area contributed by atoms with E-state index >= 15 is 0 Å². The van der Waals surface area contributed by atoms with Crippen molar-refractivity contribution in [2.45, 2.75) is 26.7 Å². The van der Waals surface area contributed by atoms with Gasteiger partial charge in [0.15, 0.2) is 0 Å². The van der Waals surface area contributed by atoms with Crippen molar-refractivity contribution < 1.29 is 14.5 Å². The Morgan fingerprint density at radius 2 is 2.10 bits per heavy atom. The molecule has 0 saturated carbocycles. The van der Waals surface area contributed by atoms with Crippen LogP contribution in [0.2, 0.25) is 0 Å². The number of benzene rings is 1. The van der Waals surface area contributed by atoms with Gasteiger partial charge in [-0.15, -0.1) is 0 Å². The molecule has 0 spiro atoms. The average molecular weight is 291 g/mol. The Balaban J connectivity index is 2.15. The number of nitro benzene ring substituents is 1. The number of carbonyl (C=O) groups is 2. The molecule has 1 aromatic rings. The van der Waals surface area contributed by atoms with Gasteiger partial charge >= 0.3 is 0 Å². The van der Waals surface area contributed by atoms with Gasteiger partial charge in [0.25, 0.3) is 5.69 Å². The summed E-state index contributed by atoms with van der Waals surface area (Å²) in [6.07, 6.45) is 0.815. The second-order valence-electron chi connectivity index (χ2n) is 5.24. The molecular weight excluding hydrogens is 274 g/mol. The summed E-state index contributed by atoms with van der Waals surface area (Å²) in [7, 11) is 0. The van der Waals surface area contributed by atoms with Gasteiger partial charge < -0.3 is 10.6 Å². The molecule has 1 heterocycles. The molecular formula is C14H17N3O4. The van der Waals surface area contributed by atoms with Gasteiger partial charge in [0.2, 0.25) is 11.8 Å². The normalized spacial score (nSPS) is 18.0. The Morgan fingerprint density at radius 3 is 2.67 bits per heavy atom. The number of rotatable bonds is 3. The van der Waals surface area contributed by atoms with E-state index in [1.54, 1.807) is 19.9 Å². The van der Waals surface area contributed by atoms with Crippen molar-refractivity contribution in [2.75, 3.05) is 11.9 Å². The first-order chi connectivity index (χ1) is 9.88. The van der Waals surface area contributed by atoms with Gasteiger partial charge in [-0.25, -0.2) is 0 Å². The fourth-order valence-corrected chi connectivity index (χ4v) is 2.36. The van der Waals surface area contributed by atoms with Crippen LogP contribution in [0.3, 0.4) is 0 Å². The Hall–Kier alpha value is -2.44. The molecule has 1 aliphatic heterocycles. The number of anilines is 1. The van der Waals surface area contributed by atoms with Gasteiger partial charge in [-0.1, -0.05) is 0 Å². The van der Waals surface area contributed by atoms with E-state index in [0.29, 0.717) is 30.6 Å². The molecule has 7 nitrogen and oxygen atoms in total. The molecule has 0 aliphatic carbocycles. The average Bonchev–Trinajstić information content (AvgIpc) is 2.42. The minimum absolute atomic E-state index is 0.0205. The highest BCUT2D eigenvalue weighted by molar-refractivity contribution is 5.95. The third-order valence-electron chi connectivity index (χ3n) is 3.63. The van der Waals surface area contributed by atoms with Crippen LogP contribution in [0, 0.1) is 29.9 Å². The van der Waals surface area contributed by atoms with Crippen molar-refractivity contribution in [1.29, 1.82) is 0 Å². The summed E-state index contributed by atoms with van der Waals surface area (Å²) < 4.78 is 0. The number of hydrogen-bond donors (Lipinski definition) is 2. The lowest BCUT2D eigenvalue weighted by atomic mass is 9.98. The number of piperidine rings is 1. The molecule has 1 aromatic carbocycles. The quantitative estimate of drug-likeness (QED) is 0.653. The van der Waals surface area contributed by atoms with E-state index in [1.807, 2.05) is 0 Å². The van der Waals surface area contributed by atoms with E-state index in [-0.39, 0.29) is 23.4 Å². The first kappa shape index (κ1) is 15.0. The van der Waals surface area contributed by atoms with Crippen LogP contribution in [0.25, 0.3) is 0 Å². The zero-order valence-corrected chi connectivity index (χ0v) is 11.9. The number of carbonyl (C=O) groups excluding carboxylic acids is 2. The molecule has 2 N–H and O–H groups in total. The summed E-state index contributed by atoms with van der Waals surface area (Å²) in [5.74, 6) is -0.583. The first-order valence-electron chi connectivity index (χ1n) is 6.71. The van der Waals surface area contributed by atoms with Crippen molar-refractivity contribution in [3.05, 3.63) is 33.4 Å². The molecule has 0 radical (unpaired) electrons. The van der Waals surface area contributed by atoms with E-state index in [2.05, 4.69) is 10.6 Å². The third-order valence-corrected chi connectivity index (χ3v) is 3.63. The van der Waals surface area contributed by atoms with Gasteiger partial charge in [-0.2, -0.15) is 0 Å². The monoisotopic (exact) mass is 291 g/mol. The van der Waals surface area contributed by atoms with Gasteiger partial charge in [0.1, 0.15) is 0 Å². The standard InChI is InChI=1S/C14H17N3O4/c1-8-5-9(2)12(17(20)21)6-11(8)16-14(19)10-3-4-13(18)15-7-10/h5-6,10H,3-4,7H2,1-2H3,(H,15,18)(H,16,19). The van der Waals surface area contributed by atoms with Crippen LogP contribution in [0.5, 0.6) is 0 Å². The lowest BCUT2D eigenvalue weighted by molar-refractivity contribution is -0.385. The largest absolute Gasteiger partial charge is 0.355 e. The SMILES string of the molecule is Cc1cc(C)c([N+](=O)[O-])cc1NC(=O)C1CCC(=O)NC1. The van der Waals surface area contributed by atoms with E-state index in [1.165, 1.54) is 6.07 Å². The Labute approximate surface area is 121 Å². The summed E-state index contributed by atoms with van der Waals surface area (Å²) >= 11 is 0. The Bertz CT molecular complexity index is 602. The lowest BCUT2D eigenvalue weighted by Crippen LogP contribution is -2.40. The summed E-state index contributed by atoms with van der Waals surface area (Å²) in [6, 6.07) is 3.06. The van der Waals surface area contributed by atoms with E-state index < -0.39 is 4.92 Å². The molecule has 0 aromatic heterocycles. The molecule has 0 bridgehead atoms. The van der Waals surface area contributed by atoms with Crippen molar-refractivity contribution >= 4 is 23.2 Å². The third kappa shape index (κ3) is 3.36. The van der Waals surface area contributed by atoms with Crippen LogP contribution < -0.4 is 10.6 Å². The van der Waals surface area contributed by atoms with E-state index in [9.17, 15) is 19.7 Å². The molecule has 1 unspecified atom stereocenters. The fraction of sp³-hybridized carbons (Fsp3) is 0.429. The van der Waals surface area contributed by atoms with Gasteiger partial charge in [-0.05, 0) is 31.9 Å². The van der Waals surface area contributed by atoms with Gasteiger partial charge in [0, 0.05) is 24.6 Å². The number of nitrogens with zero attached hydrogens (tertiary/aromatic N) is 1. The summed E-state index contributed by atoms with van der Waals surface area (Å²) in [5.41, 5.74) is 1.74. The van der Waals surface area contributed by atoms with Crippen molar-refractivity contribution in [2.24, 2.45) is 5.92 Å². The van der Waals surface area contributed by atoms with Crippen molar-refractivity contribution in [1.82, 2.24) is 5.32 Å². The zero-order chi connectivity index (χ0) is 15.6. The molecule has 21 heavy (non-hydrogen) atoms. The molecule has 2 rings (SSSR count). The summed E-state index contributed by atoms with van der Waals surface area (Å²) in [5, 5.41) is 16.3. The highest BCUT2D eigenvalue weighted by atomic mass is 16.6. The van der Waals surface area contributed by atoms with E-state index in [4.69, 9.17) is 0 Å². The minimum atomic E-state index is -0.467. The van der Waals surface area contributed by atoms with Crippen LogP contribution in [-0.2, 0) is 9.59 Å². The minimum Gasteiger partial charge on any atom is -0.355 e.